The fraction of sp³-hybridized carbons (Fsp3) is 0.200. The van der Waals surface area contributed by atoms with Crippen LogP contribution in [-0.4, -0.2) is 15.2 Å². The van der Waals surface area contributed by atoms with Gasteiger partial charge in [0, 0.05) is 6.92 Å². The molecule has 0 saturated carbocycles. The highest BCUT2D eigenvalue weighted by Gasteiger charge is 2.29. The number of allylic oxidation sites excluding steroid dienone is 1. The predicted molar refractivity (Wildman–Crippen MR) is 48.0 cm³/mol. The number of hydrogen-bond donors (Lipinski definition) is 1. The molecule has 1 amide bonds. The van der Waals surface area contributed by atoms with E-state index in [1.54, 1.807) is 0 Å². The van der Waals surface area contributed by atoms with E-state index in [9.17, 15) is 14.9 Å². The number of hydrogen-bond acceptors (Lipinski definition) is 5. The van der Waals surface area contributed by atoms with Gasteiger partial charge in [0.15, 0.2) is 4.91 Å². The fourth-order valence-electron chi connectivity index (χ4n) is 0.635. The molecule has 0 aromatic carbocycles. The number of rotatable bonds is 1. The van der Waals surface area contributed by atoms with E-state index >= 15 is 0 Å². The van der Waals surface area contributed by atoms with Gasteiger partial charge in [-0.15, -0.1) is 0 Å². The van der Waals surface area contributed by atoms with Gasteiger partial charge in [0.05, 0.1) is 4.92 Å². The van der Waals surface area contributed by atoms with E-state index in [1.165, 1.54) is 6.92 Å². The van der Waals surface area contributed by atoms with Crippen molar-refractivity contribution in [1.29, 1.82) is 0 Å². The molecule has 0 aliphatic carbocycles. The summed E-state index contributed by atoms with van der Waals surface area (Å²) in [7, 11) is 0. The Bertz CT molecular complexity index is 310. The first-order chi connectivity index (χ1) is 5.52. The summed E-state index contributed by atoms with van der Waals surface area (Å²) in [6.45, 7) is 1.27. The van der Waals surface area contributed by atoms with Crippen molar-refractivity contribution >= 4 is 34.2 Å². The van der Waals surface area contributed by atoms with Crippen LogP contribution in [0.25, 0.3) is 0 Å². The van der Waals surface area contributed by atoms with E-state index in [0.29, 0.717) is 0 Å². The first-order valence-electron chi connectivity index (χ1n) is 2.91. The molecule has 0 radical (unpaired) electrons. The molecule has 1 rings (SSSR count). The van der Waals surface area contributed by atoms with Gasteiger partial charge in [-0.3, -0.25) is 14.9 Å². The average Bonchev–Trinajstić information content (AvgIpc) is 2.28. The lowest BCUT2D eigenvalue weighted by Gasteiger charge is -1.90. The largest absolute Gasteiger partial charge is 0.307 e. The number of amides is 1. The van der Waals surface area contributed by atoms with Crippen LogP contribution in [0.4, 0.5) is 0 Å². The molecule has 1 heterocycles. The highest BCUT2D eigenvalue weighted by Crippen LogP contribution is 2.26. The maximum Gasteiger partial charge on any atom is 0.270 e. The maximum atomic E-state index is 10.9. The van der Waals surface area contributed by atoms with Crippen LogP contribution in [0.2, 0.25) is 0 Å². The van der Waals surface area contributed by atoms with Crippen LogP contribution < -0.4 is 5.32 Å². The molecule has 1 fully saturated rings. The summed E-state index contributed by atoms with van der Waals surface area (Å²) in [5, 5.41) is 12.5. The van der Waals surface area contributed by atoms with Crippen LogP contribution in [0.5, 0.6) is 0 Å². The summed E-state index contributed by atoms with van der Waals surface area (Å²) in [4.78, 5) is 20.7. The van der Waals surface area contributed by atoms with Gasteiger partial charge in [-0.2, -0.15) is 0 Å². The van der Waals surface area contributed by atoms with E-state index < -0.39 is 10.8 Å². The molecule has 1 aliphatic rings. The van der Waals surface area contributed by atoms with E-state index in [1.807, 2.05) is 0 Å². The highest BCUT2D eigenvalue weighted by atomic mass is 32.2. The summed E-state index contributed by atoms with van der Waals surface area (Å²) in [5.41, 5.74) is -0.169. The van der Waals surface area contributed by atoms with Gasteiger partial charge in [-0.1, -0.05) is 12.2 Å². The van der Waals surface area contributed by atoms with Crippen molar-refractivity contribution < 1.29 is 9.72 Å². The Kier molecular flexibility index (Phi) is 2.43. The maximum absolute atomic E-state index is 10.9. The summed E-state index contributed by atoms with van der Waals surface area (Å²) < 4.78 is 0.260. The number of carbonyl (C=O) groups excluding carboxylic acids is 1. The number of carbonyl (C=O) groups is 1. The van der Waals surface area contributed by atoms with Crippen molar-refractivity contribution in [3.63, 3.8) is 0 Å². The van der Waals surface area contributed by atoms with Crippen LogP contribution >= 0.6 is 24.0 Å². The Morgan fingerprint density at radius 2 is 2.33 bits per heavy atom. The lowest BCUT2D eigenvalue weighted by Crippen LogP contribution is -2.18. The van der Waals surface area contributed by atoms with E-state index in [0.717, 1.165) is 11.8 Å². The number of nitro groups is 1. The molecule has 0 aromatic rings. The van der Waals surface area contributed by atoms with Crippen LogP contribution in [0.15, 0.2) is 10.6 Å². The van der Waals surface area contributed by atoms with E-state index in [-0.39, 0.29) is 14.9 Å². The minimum atomic E-state index is -0.601. The third kappa shape index (κ3) is 1.62. The Morgan fingerprint density at radius 3 is 2.67 bits per heavy atom. The second-order valence-corrected chi connectivity index (χ2v) is 3.70. The molecule has 12 heavy (non-hydrogen) atoms. The minimum absolute atomic E-state index is 0.0741. The van der Waals surface area contributed by atoms with Crippen molar-refractivity contribution in [2.45, 2.75) is 6.92 Å². The molecule has 0 unspecified atom stereocenters. The lowest BCUT2D eigenvalue weighted by molar-refractivity contribution is -0.424. The zero-order valence-corrected chi connectivity index (χ0v) is 7.62. The van der Waals surface area contributed by atoms with Crippen molar-refractivity contribution in [2.75, 3.05) is 0 Å². The highest BCUT2D eigenvalue weighted by molar-refractivity contribution is 8.26. The second-order valence-electron chi connectivity index (χ2n) is 2.02. The van der Waals surface area contributed by atoms with Gasteiger partial charge in [0.2, 0.25) is 0 Å². The number of thioether (sulfide) groups is 1. The lowest BCUT2D eigenvalue weighted by atomic mass is 10.4. The average molecular weight is 204 g/mol. The summed E-state index contributed by atoms with van der Waals surface area (Å²) in [6, 6.07) is 0. The Hall–Kier alpha value is -0.950. The molecular weight excluding hydrogens is 200 g/mol. The molecule has 0 spiro atoms. The Labute approximate surface area is 77.3 Å². The topological polar surface area (TPSA) is 72.2 Å². The third-order valence-corrected chi connectivity index (χ3v) is 2.54. The zero-order chi connectivity index (χ0) is 9.30. The normalized spacial score (nSPS) is 20.8. The van der Waals surface area contributed by atoms with Crippen LogP contribution in [0, 0.1) is 10.1 Å². The van der Waals surface area contributed by atoms with Gasteiger partial charge in [0.1, 0.15) is 4.32 Å². The number of nitrogens with zero attached hydrogens (tertiary/aromatic N) is 1. The van der Waals surface area contributed by atoms with Gasteiger partial charge in [-0.25, -0.2) is 0 Å². The van der Waals surface area contributed by atoms with Crippen molar-refractivity contribution in [3.8, 4) is 0 Å². The minimum Gasteiger partial charge on any atom is -0.307 e. The Balaban J connectivity index is 3.03. The third-order valence-electron chi connectivity index (χ3n) is 1.22. The van der Waals surface area contributed by atoms with Crippen LogP contribution in [0.3, 0.4) is 0 Å². The summed E-state index contributed by atoms with van der Waals surface area (Å²) in [6.07, 6.45) is 0. The standard InChI is InChI=1S/C5H4N2O3S2/c1-2(7(9)10)3-4(8)6-5(11)12-3/h1H3,(H,6,8,11)/b3-2+. The van der Waals surface area contributed by atoms with Crippen LogP contribution in [0.1, 0.15) is 6.92 Å². The molecule has 5 nitrogen and oxygen atoms in total. The molecule has 1 aliphatic heterocycles. The molecule has 0 aromatic heterocycles. The van der Waals surface area contributed by atoms with Gasteiger partial charge >= 0.3 is 0 Å². The van der Waals surface area contributed by atoms with Crippen LogP contribution in [-0.2, 0) is 4.79 Å². The Morgan fingerprint density at radius 1 is 1.75 bits per heavy atom. The molecule has 1 saturated heterocycles. The number of nitrogens with one attached hydrogen (secondary N) is 1. The second kappa shape index (κ2) is 3.20. The molecule has 7 heteroatoms. The van der Waals surface area contributed by atoms with Crippen molar-refractivity contribution in [3.05, 3.63) is 20.7 Å². The molecule has 64 valence electrons. The van der Waals surface area contributed by atoms with Gasteiger partial charge < -0.3 is 5.32 Å². The van der Waals surface area contributed by atoms with Crippen molar-refractivity contribution in [2.24, 2.45) is 0 Å². The van der Waals surface area contributed by atoms with E-state index in [4.69, 9.17) is 0 Å². The first kappa shape index (κ1) is 9.14. The molecule has 0 bridgehead atoms. The summed E-state index contributed by atoms with van der Waals surface area (Å²) >= 11 is 5.57. The fourth-order valence-corrected chi connectivity index (χ4v) is 1.67. The van der Waals surface area contributed by atoms with Gasteiger partial charge in [-0.05, 0) is 11.8 Å². The summed E-state index contributed by atoms with van der Waals surface area (Å²) in [5.74, 6) is -0.487. The van der Waals surface area contributed by atoms with Gasteiger partial charge in [0.25, 0.3) is 11.6 Å². The zero-order valence-electron chi connectivity index (χ0n) is 5.99. The molecule has 0 atom stereocenters. The SMILES string of the molecule is C/C(=C1\SC(=S)NC1=O)[N+](=O)[O-]. The smallest absolute Gasteiger partial charge is 0.270 e. The monoisotopic (exact) mass is 204 g/mol. The predicted octanol–water partition coefficient (Wildman–Crippen LogP) is 0.642. The van der Waals surface area contributed by atoms with E-state index in [2.05, 4.69) is 17.5 Å². The quantitative estimate of drug-likeness (QED) is 0.294. The molecule has 1 N–H and O–H groups in total. The number of thiocarbonyl (C=S) groups is 1. The van der Waals surface area contributed by atoms with Crippen molar-refractivity contribution in [1.82, 2.24) is 5.32 Å². The first-order valence-corrected chi connectivity index (χ1v) is 4.13. The molecular formula is C5H4N2O3S2.